The summed E-state index contributed by atoms with van der Waals surface area (Å²) in [6, 6.07) is 6.84. The standard InChI is InChI=1S/C18H24N2O3/c1-3-4-7-12-20(15-10-11-16(21)19-17(15)22)18(23)14-9-6-5-8-13(14)2/h5-6,8-9,15H,3-4,7,10-12H2,1-2H3,(H,19,21,22)/t15-/m0/s1. The summed E-state index contributed by atoms with van der Waals surface area (Å²) in [7, 11) is 0. The highest BCUT2D eigenvalue weighted by Crippen LogP contribution is 2.19. The molecule has 1 aromatic carbocycles. The Hall–Kier alpha value is -2.17. The van der Waals surface area contributed by atoms with E-state index in [0.717, 1.165) is 24.8 Å². The number of carbonyl (C=O) groups is 3. The Bertz CT molecular complexity index is 598. The largest absolute Gasteiger partial charge is 0.327 e. The van der Waals surface area contributed by atoms with Gasteiger partial charge < -0.3 is 4.90 Å². The molecule has 0 aliphatic carbocycles. The predicted molar refractivity (Wildman–Crippen MR) is 87.9 cm³/mol. The molecule has 0 unspecified atom stereocenters. The Morgan fingerprint density at radius 2 is 2.00 bits per heavy atom. The average Bonchev–Trinajstić information content (AvgIpc) is 2.52. The van der Waals surface area contributed by atoms with E-state index in [4.69, 9.17) is 0 Å². The van der Waals surface area contributed by atoms with Crippen molar-refractivity contribution in [1.82, 2.24) is 10.2 Å². The zero-order chi connectivity index (χ0) is 16.8. The summed E-state index contributed by atoms with van der Waals surface area (Å²) in [6.45, 7) is 4.52. The first kappa shape index (κ1) is 17.2. The van der Waals surface area contributed by atoms with Gasteiger partial charge in [0.15, 0.2) is 0 Å². The van der Waals surface area contributed by atoms with Crippen molar-refractivity contribution in [3.63, 3.8) is 0 Å². The number of aryl methyl sites for hydroxylation is 1. The third-order valence-corrected chi connectivity index (χ3v) is 4.23. The van der Waals surface area contributed by atoms with Crippen LogP contribution in [0.1, 0.15) is 54.9 Å². The molecule has 5 nitrogen and oxygen atoms in total. The maximum absolute atomic E-state index is 12.9. The maximum Gasteiger partial charge on any atom is 0.254 e. The van der Waals surface area contributed by atoms with Gasteiger partial charge in [0.1, 0.15) is 6.04 Å². The Kier molecular flexibility index (Phi) is 5.90. The summed E-state index contributed by atoms with van der Waals surface area (Å²) in [6.07, 6.45) is 3.58. The molecule has 5 heteroatoms. The van der Waals surface area contributed by atoms with Crippen molar-refractivity contribution in [2.75, 3.05) is 6.54 Å². The molecule has 124 valence electrons. The van der Waals surface area contributed by atoms with Gasteiger partial charge in [-0.2, -0.15) is 0 Å². The van der Waals surface area contributed by atoms with Gasteiger partial charge in [0, 0.05) is 18.5 Å². The highest BCUT2D eigenvalue weighted by atomic mass is 16.2. The van der Waals surface area contributed by atoms with Gasteiger partial charge in [-0.05, 0) is 31.4 Å². The molecule has 1 fully saturated rings. The summed E-state index contributed by atoms with van der Waals surface area (Å²) in [5, 5.41) is 2.35. The molecule has 1 saturated heterocycles. The van der Waals surface area contributed by atoms with Gasteiger partial charge in [0.2, 0.25) is 11.8 Å². The van der Waals surface area contributed by atoms with Crippen LogP contribution in [0, 0.1) is 6.92 Å². The Balaban J connectivity index is 2.23. The van der Waals surface area contributed by atoms with Crippen molar-refractivity contribution in [1.29, 1.82) is 0 Å². The number of piperidine rings is 1. The van der Waals surface area contributed by atoms with Gasteiger partial charge in [0.05, 0.1) is 0 Å². The van der Waals surface area contributed by atoms with Crippen LogP contribution in [-0.4, -0.2) is 35.2 Å². The average molecular weight is 316 g/mol. The SMILES string of the molecule is CCCCCN(C(=O)c1ccccc1C)[C@H]1CCC(=O)NC1=O. The summed E-state index contributed by atoms with van der Waals surface area (Å²) < 4.78 is 0. The molecule has 3 amide bonds. The molecule has 2 rings (SSSR count). The highest BCUT2D eigenvalue weighted by molar-refractivity contribution is 6.04. The maximum atomic E-state index is 12.9. The van der Waals surface area contributed by atoms with Crippen molar-refractivity contribution >= 4 is 17.7 Å². The van der Waals surface area contributed by atoms with Crippen molar-refractivity contribution in [2.24, 2.45) is 0 Å². The van der Waals surface area contributed by atoms with Crippen LogP contribution in [0.15, 0.2) is 24.3 Å². The minimum atomic E-state index is -0.559. The van der Waals surface area contributed by atoms with Crippen LogP contribution in [-0.2, 0) is 9.59 Å². The number of imide groups is 1. The van der Waals surface area contributed by atoms with Gasteiger partial charge in [0.25, 0.3) is 5.91 Å². The molecule has 1 heterocycles. The molecular formula is C18H24N2O3. The van der Waals surface area contributed by atoms with E-state index in [-0.39, 0.29) is 24.1 Å². The van der Waals surface area contributed by atoms with Crippen molar-refractivity contribution < 1.29 is 14.4 Å². The number of hydrogen-bond acceptors (Lipinski definition) is 3. The number of nitrogens with zero attached hydrogens (tertiary/aromatic N) is 1. The first-order valence-electron chi connectivity index (χ1n) is 8.25. The van der Waals surface area contributed by atoms with Crippen molar-refractivity contribution in [3.8, 4) is 0 Å². The van der Waals surface area contributed by atoms with Crippen LogP contribution < -0.4 is 5.32 Å². The minimum Gasteiger partial charge on any atom is -0.327 e. The molecule has 0 aromatic heterocycles. The van der Waals surface area contributed by atoms with E-state index in [1.165, 1.54) is 0 Å². The Labute approximate surface area is 137 Å². The van der Waals surface area contributed by atoms with E-state index in [0.29, 0.717) is 18.5 Å². The predicted octanol–water partition coefficient (Wildman–Crippen LogP) is 2.43. The molecule has 1 aliphatic heterocycles. The van der Waals surface area contributed by atoms with E-state index >= 15 is 0 Å². The lowest BCUT2D eigenvalue weighted by molar-refractivity contribution is -0.136. The summed E-state index contributed by atoms with van der Waals surface area (Å²) >= 11 is 0. The zero-order valence-corrected chi connectivity index (χ0v) is 13.8. The summed E-state index contributed by atoms with van der Waals surface area (Å²) in [5.41, 5.74) is 1.51. The van der Waals surface area contributed by atoms with Gasteiger partial charge >= 0.3 is 0 Å². The first-order chi connectivity index (χ1) is 11.0. The Morgan fingerprint density at radius 1 is 1.26 bits per heavy atom. The van der Waals surface area contributed by atoms with E-state index in [9.17, 15) is 14.4 Å². The highest BCUT2D eigenvalue weighted by Gasteiger charge is 2.34. The van der Waals surface area contributed by atoms with Gasteiger partial charge in [-0.15, -0.1) is 0 Å². The molecule has 1 aliphatic rings. The molecule has 0 radical (unpaired) electrons. The lowest BCUT2D eigenvalue weighted by Gasteiger charge is -2.33. The lowest BCUT2D eigenvalue weighted by Crippen LogP contribution is -2.54. The van der Waals surface area contributed by atoms with Crippen LogP contribution in [0.25, 0.3) is 0 Å². The fraction of sp³-hybridized carbons (Fsp3) is 0.500. The second-order valence-electron chi connectivity index (χ2n) is 5.99. The quantitative estimate of drug-likeness (QED) is 0.647. The van der Waals surface area contributed by atoms with Crippen LogP contribution in [0.5, 0.6) is 0 Å². The second-order valence-corrected chi connectivity index (χ2v) is 5.99. The number of carbonyl (C=O) groups excluding carboxylic acids is 3. The van der Waals surface area contributed by atoms with E-state index in [1.807, 2.05) is 25.1 Å². The number of amides is 3. The van der Waals surface area contributed by atoms with Gasteiger partial charge in [-0.1, -0.05) is 38.0 Å². The lowest BCUT2D eigenvalue weighted by atomic mass is 10.0. The monoisotopic (exact) mass is 316 g/mol. The van der Waals surface area contributed by atoms with E-state index in [1.54, 1.807) is 11.0 Å². The third-order valence-electron chi connectivity index (χ3n) is 4.23. The molecular weight excluding hydrogens is 292 g/mol. The Morgan fingerprint density at radius 3 is 2.65 bits per heavy atom. The van der Waals surface area contributed by atoms with Crippen molar-refractivity contribution in [3.05, 3.63) is 35.4 Å². The molecule has 0 bridgehead atoms. The van der Waals surface area contributed by atoms with E-state index in [2.05, 4.69) is 12.2 Å². The molecule has 1 aromatic rings. The van der Waals surface area contributed by atoms with Crippen LogP contribution in [0.4, 0.5) is 0 Å². The molecule has 23 heavy (non-hydrogen) atoms. The third kappa shape index (κ3) is 4.18. The fourth-order valence-corrected chi connectivity index (χ4v) is 2.88. The smallest absolute Gasteiger partial charge is 0.254 e. The minimum absolute atomic E-state index is 0.131. The number of unbranched alkanes of at least 4 members (excludes halogenated alkanes) is 2. The second kappa shape index (κ2) is 7.90. The topological polar surface area (TPSA) is 66.5 Å². The van der Waals surface area contributed by atoms with Crippen LogP contribution >= 0.6 is 0 Å². The number of hydrogen-bond donors (Lipinski definition) is 1. The molecule has 0 saturated carbocycles. The van der Waals surface area contributed by atoms with Crippen molar-refractivity contribution in [2.45, 2.75) is 52.0 Å². The molecule has 1 N–H and O–H groups in total. The zero-order valence-electron chi connectivity index (χ0n) is 13.8. The molecule has 0 spiro atoms. The fourth-order valence-electron chi connectivity index (χ4n) is 2.88. The first-order valence-corrected chi connectivity index (χ1v) is 8.25. The van der Waals surface area contributed by atoms with Gasteiger partial charge in [-0.3, -0.25) is 19.7 Å². The number of nitrogens with one attached hydrogen (secondary N) is 1. The number of benzene rings is 1. The summed E-state index contributed by atoms with van der Waals surface area (Å²) in [4.78, 5) is 38.1. The van der Waals surface area contributed by atoms with E-state index < -0.39 is 6.04 Å². The van der Waals surface area contributed by atoms with Crippen LogP contribution in [0.3, 0.4) is 0 Å². The molecule has 1 atom stereocenters. The summed E-state index contributed by atoms with van der Waals surface area (Å²) in [5.74, 6) is -0.753. The van der Waals surface area contributed by atoms with Gasteiger partial charge in [-0.25, -0.2) is 0 Å². The number of rotatable bonds is 6. The van der Waals surface area contributed by atoms with Crippen LogP contribution in [0.2, 0.25) is 0 Å². The normalized spacial score (nSPS) is 17.7.